The summed E-state index contributed by atoms with van der Waals surface area (Å²) in [6, 6.07) is 10.2. The number of carbonyl (C=O) groups excluding carboxylic acids is 3. The first-order chi connectivity index (χ1) is 16.0. The predicted molar refractivity (Wildman–Crippen MR) is 119 cm³/mol. The number of halogens is 1. The van der Waals surface area contributed by atoms with E-state index in [0.29, 0.717) is 23.7 Å². The lowest BCUT2D eigenvalue weighted by atomic mass is 10.0. The van der Waals surface area contributed by atoms with Gasteiger partial charge in [0.1, 0.15) is 18.0 Å². The molecule has 33 heavy (non-hydrogen) atoms. The lowest BCUT2D eigenvalue weighted by molar-refractivity contribution is -0.131. The molecule has 1 aliphatic heterocycles. The molecule has 1 N–H and O–H groups in total. The average Bonchev–Trinajstić information content (AvgIpc) is 3.31. The number of urea groups is 1. The zero-order chi connectivity index (χ0) is 23.4. The van der Waals surface area contributed by atoms with Crippen LogP contribution in [0.15, 0.2) is 48.0 Å². The van der Waals surface area contributed by atoms with Crippen LogP contribution in [-0.4, -0.2) is 35.4 Å². The monoisotopic (exact) mass is 452 g/mol. The number of hydrogen-bond donors (Lipinski definition) is 1. The number of nitrogens with zero attached hydrogens (tertiary/aromatic N) is 1. The summed E-state index contributed by atoms with van der Waals surface area (Å²) < 4.78 is 24.6. The van der Waals surface area contributed by atoms with E-state index < -0.39 is 17.8 Å². The highest BCUT2D eigenvalue weighted by Crippen LogP contribution is 2.31. The van der Waals surface area contributed by atoms with Gasteiger partial charge in [0.15, 0.2) is 11.5 Å². The lowest BCUT2D eigenvalue weighted by Gasteiger charge is -2.31. The first kappa shape index (κ1) is 22.5. The largest absolute Gasteiger partial charge is 0.490 e. The summed E-state index contributed by atoms with van der Waals surface area (Å²) in [6.07, 6.45) is 4.85. The lowest BCUT2D eigenvalue weighted by Crippen LogP contribution is -2.57. The van der Waals surface area contributed by atoms with Crippen molar-refractivity contribution in [3.63, 3.8) is 0 Å². The third-order valence-corrected chi connectivity index (χ3v) is 5.71. The Morgan fingerprint density at radius 1 is 1.03 bits per heavy atom. The van der Waals surface area contributed by atoms with Crippen molar-refractivity contribution in [2.24, 2.45) is 0 Å². The summed E-state index contributed by atoms with van der Waals surface area (Å²) in [5, 5.41) is 2.28. The van der Waals surface area contributed by atoms with Crippen LogP contribution in [0.25, 0.3) is 6.08 Å². The van der Waals surface area contributed by atoms with Crippen molar-refractivity contribution in [1.29, 1.82) is 0 Å². The summed E-state index contributed by atoms with van der Waals surface area (Å²) >= 11 is 0. The van der Waals surface area contributed by atoms with Crippen molar-refractivity contribution in [1.82, 2.24) is 10.2 Å². The minimum Gasteiger partial charge on any atom is -0.490 e. The molecule has 4 amide bonds. The zero-order valence-electron chi connectivity index (χ0n) is 18.3. The molecule has 2 aromatic carbocycles. The minimum absolute atomic E-state index is 0.0936. The average molecular weight is 452 g/mol. The molecule has 0 unspecified atom stereocenters. The normalized spacial score (nSPS) is 18.1. The van der Waals surface area contributed by atoms with Gasteiger partial charge in [-0.05, 0) is 61.2 Å². The Balaban J connectivity index is 1.56. The van der Waals surface area contributed by atoms with E-state index in [-0.39, 0.29) is 24.0 Å². The summed E-state index contributed by atoms with van der Waals surface area (Å²) in [7, 11) is 0. The molecule has 0 bridgehead atoms. The molecule has 0 aromatic heterocycles. The van der Waals surface area contributed by atoms with E-state index in [1.807, 2.05) is 6.92 Å². The summed E-state index contributed by atoms with van der Waals surface area (Å²) in [5.41, 5.74) is 1.27. The summed E-state index contributed by atoms with van der Waals surface area (Å²) in [5.74, 6) is -0.688. The van der Waals surface area contributed by atoms with Crippen molar-refractivity contribution >= 4 is 23.9 Å². The van der Waals surface area contributed by atoms with E-state index in [1.165, 1.54) is 23.1 Å². The molecule has 2 fully saturated rings. The van der Waals surface area contributed by atoms with Crippen LogP contribution in [0.3, 0.4) is 0 Å². The van der Waals surface area contributed by atoms with Crippen LogP contribution in [0.2, 0.25) is 0 Å². The molecule has 2 aromatic rings. The van der Waals surface area contributed by atoms with Crippen LogP contribution < -0.4 is 14.8 Å². The molecule has 1 heterocycles. The molecule has 1 saturated carbocycles. The predicted octanol–water partition coefficient (Wildman–Crippen LogP) is 4.21. The molecule has 2 aliphatic rings. The highest BCUT2D eigenvalue weighted by Gasteiger charge is 2.40. The molecule has 1 aliphatic carbocycles. The summed E-state index contributed by atoms with van der Waals surface area (Å²) in [6.45, 7) is 2.44. The number of rotatable bonds is 7. The van der Waals surface area contributed by atoms with Gasteiger partial charge in [-0.25, -0.2) is 9.18 Å². The number of ether oxygens (including phenoxy) is 2. The second kappa shape index (κ2) is 9.85. The smallest absolute Gasteiger partial charge is 0.331 e. The fraction of sp³-hybridized carbons (Fsp3) is 0.320. The van der Waals surface area contributed by atoms with Crippen molar-refractivity contribution < 1.29 is 28.2 Å². The third-order valence-electron chi connectivity index (χ3n) is 5.71. The molecule has 7 nitrogen and oxygen atoms in total. The zero-order valence-corrected chi connectivity index (χ0v) is 18.3. The van der Waals surface area contributed by atoms with Crippen molar-refractivity contribution in [3.8, 4) is 11.5 Å². The van der Waals surface area contributed by atoms with Crippen LogP contribution in [0.4, 0.5) is 9.18 Å². The van der Waals surface area contributed by atoms with Crippen molar-refractivity contribution in [3.05, 3.63) is 65.0 Å². The molecular formula is C25H25FN2O5. The fourth-order valence-corrected chi connectivity index (χ4v) is 4.08. The van der Waals surface area contributed by atoms with E-state index in [1.54, 1.807) is 30.3 Å². The van der Waals surface area contributed by atoms with Gasteiger partial charge in [0, 0.05) is 6.04 Å². The topological polar surface area (TPSA) is 84.9 Å². The van der Waals surface area contributed by atoms with Gasteiger partial charge < -0.3 is 9.47 Å². The number of barbiturate groups is 1. The number of carbonyl (C=O) groups is 3. The van der Waals surface area contributed by atoms with Crippen molar-refractivity contribution in [2.75, 3.05) is 6.61 Å². The highest BCUT2D eigenvalue weighted by atomic mass is 19.1. The molecule has 8 heteroatoms. The number of imide groups is 2. The Kier molecular flexibility index (Phi) is 6.72. The van der Waals surface area contributed by atoms with E-state index in [9.17, 15) is 18.8 Å². The van der Waals surface area contributed by atoms with E-state index in [0.717, 1.165) is 31.2 Å². The number of nitrogens with one attached hydrogen (secondary N) is 1. The minimum atomic E-state index is -0.714. The molecule has 0 spiro atoms. The van der Waals surface area contributed by atoms with Crippen LogP contribution >= 0.6 is 0 Å². The van der Waals surface area contributed by atoms with Gasteiger partial charge in [0.05, 0.1) is 6.61 Å². The third kappa shape index (κ3) is 5.05. The standard InChI is InChI=1S/C25H25FN2O5/c1-2-32-22-14-17(9-12-21(22)33-15-16-7-10-18(26)11-8-16)13-20-23(29)27-25(31)28(24(20)30)19-5-3-4-6-19/h7-14,19H,2-6,15H2,1H3,(H,27,29,31)/b20-13+. The molecule has 0 radical (unpaired) electrons. The quantitative estimate of drug-likeness (QED) is 0.503. The highest BCUT2D eigenvalue weighted by molar-refractivity contribution is 6.31. The van der Waals surface area contributed by atoms with Gasteiger partial charge in [-0.15, -0.1) is 0 Å². The van der Waals surface area contributed by atoms with Gasteiger partial charge in [0.2, 0.25) is 0 Å². The number of hydrogen-bond acceptors (Lipinski definition) is 5. The van der Waals surface area contributed by atoms with Crippen LogP contribution in [0, 0.1) is 5.82 Å². The Morgan fingerprint density at radius 3 is 2.45 bits per heavy atom. The molecule has 1 saturated heterocycles. The van der Waals surface area contributed by atoms with Crippen LogP contribution in [0.1, 0.15) is 43.7 Å². The molecule has 172 valence electrons. The van der Waals surface area contributed by atoms with Gasteiger partial charge in [-0.2, -0.15) is 0 Å². The van der Waals surface area contributed by atoms with Gasteiger partial charge in [-0.3, -0.25) is 19.8 Å². The van der Waals surface area contributed by atoms with E-state index >= 15 is 0 Å². The van der Waals surface area contributed by atoms with Gasteiger partial charge in [-0.1, -0.05) is 31.0 Å². The van der Waals surface area contributed by atoms with Crippen LogP contribution in [0.5, 0.6) is 11.5 Å². The maximum atomic E-state index is 13.1. The Bertz CT molecular complexity index is 1090. The Hall–Kier alpha value is -3.68. The number of benzene rings is 2. The SMILES string of the molecule is CCOc1cc(/C=C2\C(=O)NC(=O)N(C3CCCC3)C2=O)ccc1OCc1ccc(F)cc1. The maximum absolute atomic E-state index is 13.1. The van der Waals surface area contributed by atoms with Gasteiger partial charge >= 0.3 is 6.03 Å². The maximum Gasteiger partial charge on any atom is 0.331 e. The van der Waals surface area contributed by atoms with Crippen LogP contribution in [-0.2, 0) is 16.2 Å². The molecular weight excluding hydrogens is 427 g/mol. The molecule has 4 rings (SSSR count). The second-order valence-corrected chi connectivity index (χ2v) is 7.99. The summed E-state index contributed by atoms with van der Waals surface area (Å²) in [4.78, 5) is 38.9. The van der Waals surface area contributed by atoms with E-state index in [4.69, 9.17) is 9.47 Å². The first-order valence-corrected chi connectivity index (χ1v) is 11.0. The Morgan fingerprint density at radius 2 is 1.76 bits per heavy atom. The van der Waals surface area contributed by atoms with E-state index in [2.05, 4.69) is 5.32 Å². The Labute approximate surface area is 191 Å². The number of amides is 4. The second-order valence-electron chi connectivity index (χ2n) is 7.99. The van der Waals surface area contributed by atoms with Gasteiger partial charge in [0.25, 0.3) is 11.8 Å². The first-order valence-electron chi connectivity index (χ1n) is 11.0. The fourth-order valence-electron chi connectivity index (χ4n) is 4.08. The molecule has 0 atom stereocenters. The van der Waals surface area contributed by atoms with Crippen molar-refractivity contribution in [2.45, 2.75) is 45.3 Å².